The molecule has 8 nitrogen and oxygen atoms in total. The van der Waals surface area contributed by atoms with Gasteiger partial charge in [0.25, 0.3) is 10.0 Å². The number of anilines is 1. The Morgan fingerprint density at radius 2 is 2.15 bits per heavy atom. The summed E-state index contributed by atoms with van der Waals surface area (Å²) in [4.78, 5) is 18.9. The average molecular weight is 534 g/mol. The maximum atomic E-state index is 12.9. The summed E-state index contributed by atoms with van der Waals surface area (Å²) in [6.45, 7) is 2.05. The van der Waals surface area contributed by atoms with Crippen LogP contribution in [0.3, 0.4) is 0 Å². The Morgan fingerprint density at radius 1 is 1.38 bits per heavy atom. The Balaban J connectivity index is 1.72. The molecule has 2 atom stereocenters. The lowest BCUT2D eigenvalue weighted by Gasteiger charge is -2.15. The van der Waals surface area contributed by atoms with Crippen molar-refractivity contribution in [1.82, 2.24) is 4.98 Å². The minimum absolute atomic E-state index is 0.00702. The fourth-order valence-electron chi connectivity index (χ4n) is 3.56. The number of nitrogens with zero attached hydrogens (tertiary/aromatic N) is 1. The van der Waals surface area contributed by atoms with E-state index >= 15 is 0 Å². The number of ether oxygens (including phenoxy) is 1. The third kappa shape index (κ3) is 5.18. The number of aromatic nitrogens is 1. The number of rotatable bonds is 8. The van der Waals surface area contributed by atoms with Gasteiger partial charge in [0.1, 0.15) is 15.0 Å². The summed E-state index contributed by atoms with van der Waals surface area (Å²) in [5.41, 5.74) is 0.540. The number of thiophene rings is 1. The number of aliphatic carboxylic acids is 1. The number of carboxylic acids is 1. The van der Waals surface area contributed by atoms with E-state index in [1.807, 2.05) is 0 Å². The fourth-order valence-corrected chi connectivity index (χ4v) is 6.91. The number of carbonyl (C=O) groups is 1. The minimum Gasteiger partial charge on any atom is -0.481 e. The third-order valence-electron chi connectivity index (χ3n) is 5.05. The second-order valence-corrected chi connectivity index (χ2v) is 11.4. The molecule has 3 aromatic rings. The Morgan fingerprint density at radius 3 is 2.76 bits per heavy atom. The highest BCUT2D eigenvalue weighted by Gasteiger charge is 2.34. The van der Waals surface area contributed by atoms with Crippen LogP contribution in [0, 0.1) is 5.92 Å². The molecule has 1 aliphatic rings. The van der Waals surface area contributed by atoms with Gasteiger partial charge in [0.05, 0.1) is 29.4 Å². The number of aliphatic imine (C=N–C) groups is 1. The van der Waals surface area contributed by atoms with Gasteiger partial charge in [0, 0.05) is 16.7 Å². The molecule has 14 heteroatoms. The Labute approximate surface area is 200 Å². The summed E-state index contributed by atoms with van der Waals surface area (Å²) < 4.78 is 70.4. The van der Waals surface area contributed by atoms with Gasteiger partial charge in [0.15, 0.2) is 0 Å². The molecule has 34 heavy (non-hydrogen) atoms. The highest BCUT2D eigenvalue weighted by molar-refractivity contribution is 8.15. The summed E-state index contributed by atoms with van der Waals surface area (Å²) in [6.07, 6.45) is -4.55. The highest BCUT2D eigenvalue weighted by atomic mass is 32.2. The number of hydrogen-bond acceptors (Lipinski definition) is 7. The predicted molar refractivity (Wildman–Crippen MR) is 124 cm³/mol. The highest BCUT2D eigenvalue weighted by Crippen LogP contribution is 2.37. The molecule has 0 bridgehead atoms. The topological polar surface area (TPSA) is 121 Å². The number of H-pyrrole nitrogens is 1. The number of carboxylic acid groups (broad SMARTS) is 1. The first-order chi connectivity index (χ1) is 16.0. The minimum atomic E-state index is -4.97. The Kier molecular flexibility index (Phi) is 6.57. The number of thioether (sulfide) groups is 1. The van der Waals surface area contributed by atoms with Crippen LogP contribution in [-0.2, 0) is 14.8 Å². The van der Waals surface area contributed by atoms with Crippen LogP contribution in [0.2, 0.25) is 0 Å². The molecule has 4 rings (SSSR count). The van der Waals surface area contributed by atoms with E-state index in [0.717, 1.165) is 23.5 Å². The second-order valence-electron chi connectivity index (χ2n) is 7.36. The van der Waals surface area contributed by atoms with Gasteiger partial charge < -0.3 is 14.8 Å². The lowest BCUT2D eigenvalue weighted by Crippen LogP contribution is -2.26. The molecule has 3 heterocycles. The molecule has 182 valence electrons. The number of benzene rings is 1. The van der Waals surface area contributed by atoms with Crippen LogP contribution in [0.4, 0.5) is 18.9 Å². The molecule has 0 fully saturated rings. The van der Waals surface area contributed by atoms with Crippen LogP contribution in [-0.4, -0.2) is 47.7 Å². The van der Waals surface area contributed by atoms with E-state index < -0.39 is 34.0 Å². The van der Waals surface area contributed by atoms with Crippen molar-refractivity contribution in [2.75, 3.05) is 11.3 Å². The molecule has 0 amide bonds. The van der Waals surface area contributed by atoms with Crippen LogP contribution < -0.4 is 9.46 Å². The smallest absolute Gasteiger partial charge is 0.481 e. The first-order valence-corrected chi connectivity index (χ1v) is 13.1. The van der Waals surface area contributed by atoms with Gasteiger partial charge in [-0.1, -0.05) is 24.8 Å². The fraction of sp³-hybridized carbons (Fsp3) is 0.300. The van der Waals surface area contributed by atoms with Crippen molar-refractivity contribution < 1.29 is 36.2 Å². The molecule has 2 aromatic heterocycles. The van der Waals surface area contributed by atoms with Gasteiger partial charge in [-0.25, -0.2) is 8.42 Å². The van der Waals surface area contributed by atoms with Crippen molar-refractivity contribution >= 4 is 60.7 Å². The number of hydrogen-bond donors (Lipinski definition) is 3. The largest absolute Gasteiger partial charge is 0.573 e. The zero-order valence-electron chi connectivity index (χ0n) is 17.4. The van der Waals surface area contributed by atoms with E-state index in [9.17, 15) is 31.5 Å². The zero-order valence-corrected chi connectivity index (χ0v) is 19.9. The van der Waals surface area contributed by atoms with E-state index in [0.29, 0.717) is 17.2 Å². The van der Waals surface area contributed by atoms with Gasteiger partial charge in [-0.2, -0.15) is 0 Å². The van der Waals surface area contributed by atoms with Crippen LogP contribution in [0.25, 0.3) is 10.9 Å². The van der Waals surface area contributed by atoms with Crippen LogP contribution in [0.5, 0.6) is 5.75 Å². The summed E-state index contributed by atoms with van der Waals surface area (Å²) in [6, 6.07) is 6.52. The van der Waals surface area contributed by atoms with Crippen LogP contribution in [0.1, 0.15) is 19.0 Å². The van der Waals surface area contributed by atoms with Crippen molar-refractivity contribution in [2.24, 2.45) is 10.9 Å². The van der Waals surface area contributed by atoms with Gasteiger partial charge in [-0.3, -0.25) is 14.5 Å². The van der Waals surface area contributed by atoms with E-state index in [2.05, 4.69) is 19.4 Å². The lowest BCUT2D eigenvalue weighted by molar-refractivity contribution is -0.274. The molecule has 0 spiro atoms. The summed E-state index contributed by atoms with van der Waals surface area (Å²) >= 11 is 2.22. The Bertz CT molecular complexity index is 1350. The van der Waals surface area contributed by atoms with Crippen molar-refractivity contribution in [3.05, 3.63) is 41.4 Å². The average Bonchev–Trinajstić information content (AvgIpc) is 3.47. The summed E-state index contributed by atoms with van der Waals surface area (Å²) in [5, 5.41) is 11.4. The van der Waals surface area contributed by atoms with E-state index in [-0.39, 0.29) is 32.6 Å². The van der Waals surface area contributed by atoms with E-state index in [1.54, 1.807) is 12.3 Å². The van der Waals surface area contributed by atoms with Crippen molar-refractivity contribution in [2.45, 2.75) is 29.2 Å². The maximum absolute atomic E-state index is 12.9. The number of nitrogens with one attached hydrogen (secondary N) is 2. The van der Waals surface area contributed by atoms with Crippen molar-refractivity contribution in [1.29, 1.82) is 0 Å². The normalized spacial score (nSPS) is 17.5. The first kappa shape index (κ1) is 24.4. The number of aromatic amines is 1. The SMILES string of the molecule is CCC(C(=O)O)C1CN=C(c2cc3cc(OC(F)(F)F)cc(NS(=O)(=O)c4cccs4)c3[nH]2)S1. The van der Waals surface area contributed by atoms with Gasteiger partial charge >= 0.3 is 12.3 Å². The van der Waals surface area contributed by atoms with Crippen LogP contribution >= 0.6 is 23.1 Å². The molecule has 1 aromatic carbocycles. The standard InChI is InChI=1S/C20H18F3N3O5S3/c1-2-12(19(27)28)15-9-24-18(33-15)14-7-10-6-11(31-20(21,22)23)8-13(17(10)25-14)26-34(29,30)16-4-3-5-32-16/h3-8,12,15,25-26H,2,9H2,1H3,(H,27,28). The van der Waals surface area contributed by atoms with Gasteiger partial charge in [-0.05, 0) is 30.0 Å². The van der Waals surface area contributed by atoms with Gasteiger partial charge in [0.2, 0.25) is 0 Å². The number of fused-ring (bicyclic) bond motifs is 1. The molecule has 2 unspecified atom stereocenters. The number of halogens is 3. The van der Waals surface area contributed by atoms with E-state index in [4.69, 9.17) is 0 Å². The quantitative estimate of drug-likeness (QED) is 0.379. The zero-order chi connectivity index (χ0) is 24.7. The molecule has 0 radical (unpaired) electrons. The lowest BCUT2D eigenvalue weighted by atomic mass is 10.0. The number of sulfonamides is 1. The second kappa shape index (κ2) is 9.15. The summed E-state index contributed by atoms with van der Waals surface area (Å²) in [5.74, 6) is -2.12. The number of alkyl halides is 3. The van der Waals surface area contributed by atoms with Crippen molar-refractivity contribution in [3.63, 3.8) is 0 Å². The molecule has 1 aliphatic heterocycles. The van der Waals surface area contributed by atoms with Crippen molar-refractivity contribution in [3.8, 4) is 5.75 Å². The molecule has 0 saturated heterocycles. The van der Waals surface area contributed by atoms with Crippen LogP contribution in [0.15, 0.2) is 44.9 Å². The molecule has 0 saturated carbocycles. The predicted octanol–water partition coefficient (Wildman–Crippen LogP) is 4.90. The van der Waals surface area contributed by atoms with Gasteiger partial charge in [-0.15, -0.1) is 24.5 Å². The summed E-state index contributed by atoms with van der Waals surface area (Å²) in [7, 11) is -4.05. The first-order valence-electron chi connectivity index (χ1n) is 9.90. The monoisotopic (exact) mass is 533 g/mol. The molecule has 3 N–H and O–H groups in total. The molecular weight excluding hydrogens is 515 g/mol. The molecule has 0 aliphatic carbocycles. The molecular formula is C20H18F3N3O5S3. The third-order valence-corrected chi connectivity index (χ3v) is 9.17. The maximum Gasteiger partial charge on any atom is 0.573 e. The van der Waals surface area contributed by atoms with E-state index in [1.165, 1.54) is 30.0 Å². The Hall–Kier alpha value is -2.71.